The SMILES string of the molecule is COCC(C)NC(=O)c1cc(-c2ccccc2)cc(-c2cn[nH]c2)c1C. The third-order valence-electron chi connectivity index (χ3n) is 4.36. The van der Waals surface area contributed by atoms with Crippen LogP contribution in [0.2, 0.25) is 0 Å². The molecule has 0 bridgehead atoms. The Morgan fingerprint density at radius 3 is 2.62 bits per heavy atom. The molecule has 2 N–H and O–H groups in total. The lowest BCUT2D eigenvalue weighted by atomic mass is 9.92. The van der Waals surface area contributed by atoms with E-state index in [1.807, 2.05) is 56.4 Å². The van der Waals surface area contributed by atoms with Crippen LogP contribution in [0.1, 0.15) is 22.8 Å². The van der Waals surface area contributed by atoms with Crippen LogP contribution in [-0.2, 0) is 4.74 Å². The number of rotatable bonds is 6. The third kappa shape index (κ3) is 3.83. The smallest absolute Gasteiger partial charge is 0.251 e. The molecule has 26 heavy (non-hydrogen) atoms. The molecule has 0 spiro atoms. The molecule has 3 aromatic rings. The minimum absolute atomic E-state index is 0.0651. The van der Waals surface area contributed by atoms with Crippen LogP contribution in [0.4, 0.5) is 0 Å². The van der Waals surface area contributed by atoms with Gasteiger partial charge in [0.15, 0.2) is 0 Å². The van der Waals surface area contributed by atoms with Crippen LogP contribution >= 0.6 is 0 Å². The molecule has 5 nitrogen and oxygen atoms in total. The predicted molar refractivity (Wildman–Crippen MR) is 103 cm³/mol. The van der Waals surface area contributed by atoms with Crippen molar-refractivity contribution in [1.29, 1.82) is 0 Å². The number of aromatic nitrogens is 2. The van der Waals surface area contributed by atoms with Gasteiger partial charge in [-0.2, -0.15) is 5.10 Å². The normalized spacial score (nSPS) is 12.0. The molecule has 3 rings (SSSR count). The summed E-state index contributed by atoms with van der Waals surface area (Å²) < 4.78 is 5.12. The number of carbonyl (C=O) groups excluding carboxylic acids is 1. The van der Waals surface area contributed by atoms with Crippen LogP contribution in [0.15, 0.2) is 54.9 Å². The number of ether oxygens (including phenoxy) is 1. The Kier molecular flexibility index (Phi) is 5.49. The fourth-order valence-electron chi connectivity index (χ4n) is 3.04. The number of hydrogen-bond acceptors (Lipinski definition) is 3. The predicted octanol–water partition coefficient (Wildman–Crippen LogP) is 3.82. The number of carbonyl (C=O) groups is 1. The van der Waals surface area contributed by atoms with Gasteiger partial charge in [0.05, 0.1) is 12.8 Å². The lowest BCUT2D eigenvalue weighted by Crippen LogP contribution is -2.36. The zero-order valence-corrected chi connectivity index (χ0v) is 15.2. The lowest BCUT2D eigenvalue weighted by molar-refractivity contribution is 0.0905. The van der Waals surface area contributed by atoms with E-state index in [1.165, 1.54) is 0 Å². The largest absolute Gasteiger partial charge is 0.383 e. The van der Waals surface area contributed by atoms with E-state index in [0.717, 1.165) is 27.8 Å². The van der Waals surface area contributed by atoms with Crippen molar-refractivity contribution in [2.24, 2.45) is 0 Å². The first-order valence-corrected chi connectivity index (χ1v) is 8.59. The molecule has 0 aliphatic rings. The Bertz CT molecular complexity index is 874. The highest BCUT2D eigenvalue weighted by Crippen LogP contribution is 2.31. The summed E-state index contributed by atoms with van der Waals surface area (Å²) >= 11 is 0. The maximum Gasteiger partial charge on any atom is 0.251 e. The van der Waals surface area contributed by atoms with Gasteiger partial charge in [-0.15, -0.1) is 0 Å². The summed E-state index contributed by atoms with van der Waals surface area (Å²) in [5.74, 6) is -0.102. The summed E-state index contributed by atoms with van der Waals surface area (Å²) in [6.07, 6.45) is 3.61. The van der Waals surface area contributed by atoms with Crippen LogP contribution < -0.4 is 5.32 Å². The lowest BCUT2D eigenvalue weighted by Gasteiger charge is -2.17. The number of nitrogens with zero attached hydrogens (tertiary/aromatic N) is 1. The van der Waals surface area contributed by atoms with E-state index >= 15 is 0 Å². The summed E-state index contributed by atoms with van der Waals surface area (Å²) in [6.45, 7) is 4.36. The van der Waals surface area contributed by atoms with Crippen molar-refractivity contribution in [1.82, 2.24) is 15.5 Å². The Morgan fingerprint density at radius 1 is 1.19 bits per heavy atom. The first-order chi connectivity index (χ1) is 12.6. The fourth-order valence-corrected chi connectivity index (χ4v) is 3.04. The van der Waals surface area contributed by atoms with E-state index in [0.29, 0.717) is 12.2 Å². The van der Waals surface area contributed by atoms with Gasteiger partial charge in [-0.05, 0) is 48.2 Å². The van der Waals surface area contributed by atoms with Gasteiger partial charge in [-0.1, -0.05) is 30.3 Å². The average molecular weight is 349 g/mol. The van der Waals surface area contributed by atoms with Gasteiger partial charge in [-0.25, -0.2) is 0 Å². The second-order valence-electron chi connectivity index (χ2n) is 6.38. The van der Waals surface area contributed by atoms with E-state index in [9.17, 15) is 4.79 Å². The molecule has 1 unspecified atom stereocenters. The van der Waals surface area contributed by atoms with Gasteiger partial charge in [0, 0.05) is 30.5 Å². The molecule has 2 aromatic carbocycles. The first kappa shape index (κ1) is 17.9. The van der Waals surface area contributed by atoms with Gasteiger partial charge >= 0.3 is 0 Å². The van der Waals surface area contributed by atoms with Crippen molar-refractivity contribution in [3.8, 4) is 22.3 Å². The maximum absolute atomic E-state index is 12.9. The van der Waals surface area contributed by atoms with Gasteiger partial charge < -0.3 is 10.1 Å². The van der Waals surface area contributed by atoms with Crippen molar-refractivity contribution in [2.75, 3.05) is 13.7 Å². The monoisotopic (exact) mass is 349 g/mol. The van der Waals surface area contributed by atoms with Crippen LogP contribution in [0, 0.1) is 6.92 Å². The molecule has 0 radical (unpaired) electrons. The van der Waals surface area contributed by atoms with E-state index in [2.05, 4.69) is 21.6 Å². The molecular weight excluding hydrogens is 326 g/mol. The van der Waals surface area contributed by atoms with Gasteiger partial charge in [0.2, 0.25) is 0 Å². The topological polar surface area (TPSA) is 67.0 Å². The summed E-state index contributed by atoms with van der Waals surface area (Å²) in [5.41, 5.74) is 5.59. The van der Waals surface area contributed by atoms with Gasteiger partial charge in [0.25, 0.3) is 5.91 Å². The summed E-state index contributed by atoms with van der Waals surface area (Å²) in [4.78, 5) is 12.9. The van der Waals surface area contributed by atoms with Gasteiger partial charge in [-0.3, -0.25) is 9.89 Å². The molecule has 1 heterocycles. The molecule has 1 amide bonds. The zero-order chi connectivity index (χ0) is 18.5. The van der Waals surface area contributed by atoms with Crippen LogP contribution in [0.3, 0.4) is 0 Å². The Labute approximate surface area is 153 Å². The maximum atomic E-state index is 12.9. The van der Waals surface area contributed by atoms with Crippen LogP contribution in [0.25, 0.3) is 22.3 Å². The van der Waals surface area contributed by atoms with Crippen molar-refractivity contribution >= 4 is 5.91 Å². The number of amides is 1. The Balaban J connectivity index is 2.08. The molecular formula is C21H23N3O2. The highest BCUT2D eigenvalue weighted by atomic mass is 16.5. The zero-order valence-electron chi connectivity index (χ0n) is 15.2. The van der Waals surface area contributed by atoms with Crippen molar-refractivity contribution in [2.45, 2.75) is 19.9 Å². The second-order valence-corrected chi connectivity index (χ2v) is 6.38. The third-order valence-corrected chi connectivity index (χ3v) is 4.36. The number of nitrogens with one attached hydrogen (secondary N) is 2. The number of hydrogen-bond donors (Lipinski definition) is 2. The van der Waals surface area contributed by atoms with Crippen LogP contribution in [0.5, 0.6) is 0 Å². The number of methoxy groups -OCH3 is 1. The highest BCUT2D eigenvalue weighted by molar-refractivity contribution is 5.99. The molecule has 0 aliphatic carbocycles. The van der Waals surface area contributed by atoms with Crippen LogP contribution in [-0.4, -0.2) is 35.9 Å². The minimum Gasteiger partial charge on any atom is -0.383 e. The first-order valence-electron chi connectivity index (χ1n) is 8.59. The molecule has 0 aliphatic heterocycles. The van der Waals surface area contributed by atoms with Crippen molar-refractivity contribution in [3.63, 3.8) is 0 Å². The highest BCUT2D eigenvalue weighted by Gasteiger charge is 2.17. The Morgan fingerprint density at radius 2 is 1.96 bits per heavy atom. The quantitative estimate of drug-likeness (QED) is 0.711. The Hall–Kier alpha value is -2.92. The molecule has 0 saturated heterocycles. The molecule has 5 heteroatoms. The van der Waals surface area contributed by atoms with E-state index in [-0.39, 0.29) is 11.9 Å². The number of benzene rings is 2. The van der Waals surface area contributed by atoms with E-state index in [1.54, 1.807) is 13.3 Å². The fraction of sp³-hybridized carbons (Fsp3) is 0.238. The second kappa shape index (κ2) is 7.97. The summed E-state index contributed by atoms with van der Waals surface area (Å²) in [6, 6.07) is 14.0. The summed E-state index contributed by atoms with van der Waals surface area (Å²) in [5, 5.41) is 9.89. The van der Waals surface area contributed by atoms with E-state index < -0.39 is 0 Å². The average Bonchev–Trinajstić information content (AvgIpc) is 3.17. The van der Waals surface area contributed by atoms with Crippen molar-refractivity contribution in [3.05, 3.63) is 66.0 Å². The molecule has 1 atom stereocenters. The standard InChI is InChI=1S/C21H23N3O2/c1-14(13-26-3)24-21(25)20-10-17(16-7-5-4-6-8-16)9-19(15(20)2)18-11-22-23-12-18/h4-12,14H,13H2,1-3H3,(H,22,23)(H,24,25). The number of aromatic amines is 1. The molecule has 1 aromatic heterocycles. The minimum atomic E-state index is -0.102. The van der Waals surface area contributed by atoms with Crippen molar-refractivity contribution < 1.29 is 9.53 Å². The van der Waals surface area contributed by atoms with Gasteiger partial charge in [0.1, 0.15) is 0 Å². The molecule has 0 fully saturated rings. The molecule has 134 valence electrons. The number of H-pyrrole nitrogens is 1. The molecule has 0 saturated carbocycles. The summed E-state index contributed by atoms with van der Waals surface area (Å²) in [7, 11) is 1.63. The van der Waals surface area contributed by atoms with E-state index in [4.69, 9.17) is 4.74 Å².